The van der Waals surface area contributed by atoms with Gasteiger partial charge in [0.15, 0.2) is 0 Å². The summed E-state index contributed by atoms with van der Waals surface area (Å²) in [6.07, 6.45) is -4.10. The molecule has 0 aromatic heterocycles. The van der Waals surface area contributed by atoms with Gasteiger partial charge in [-0.15, -0.1) is 0 Å². The number of hydrogen-bond donors (Lipinski definition) is 1. The summed E-state index contributed by atoms with van der Waals surface area (Å²) in [6.45, 7) is 4.15. The van der Waals surface area contributed by atoms with E-state index in [2.05, 4.69) is 5.32 Å². The summed E-state index contributed by atoms with van der Waals surface area (Å²) in [5, 5.41) is 3.05. The summed E-state index contributed by atoms with van der Waals surface area (Å²) in [5.41, 5.74) is 0. The van der Waals surface area contributed by atoms with Crippen LogP contribution >= 0.6 is 0 Å². The van der Waals surface area contributed by atoms with Crippen LogP contribution < -0.4 is 5.32 Å². The topological polar surface area (TPSA) is 15.3 Å². The largest absolute Gasteiger partial charge is 0.401 e. The monoisotopic (exact) mass is 198 g/mol. The van der Waals surface area contributed by atoms with Crippen LogP contribution in [0.15, 0.2) is 0 Å². The Morgan fingerprint density at radius 3 is 2.31 bits per heavy atom. The lowest BCUT2D eigenvalue weighted by Gasteiger charge is -2.22. The van der Waals surface area contributed by atoms with Gasteiger partial charge in [-0.1, -0.05) is 6.92 Å². The molecule has 80 valence electrons. The highest BCUT2D eigenvalue weighted by Gasteiger charge is 2.29. The van der Waals surface area contributed by atoms with Crippen molar-refractivity contribution in [2.75, 3.05) is 26.7 Å². The molecule has 0 spiro atoms. The second kappa shape index (κ2) is 5.44. The fraction of sp³-hybridized carbons (Fsp3) is 1.00. The van der Waals surface area contributed by atoms with Crippen LogP contribution in [0.1, 0.15) is 13.8 Å². The highest BCUT2D eigenvalue weighted by Crippen LogP contribution is 2.15. The Kier molecular flexibility index (Phi) is 5.32. The van der Waals surface area contributed by atoms with Crippen molar-refractivity contribution in [3.63, 3.8) is 0 Å². The first-order valence-corrected chi connectivity index (χ1v) is 4.34. The molecule has 0 bridgehead atoms. The summed E-state index contributed by atoms with van der Waals surface area (Å²) >= 11 is 0. The number of nitrogens with zero attached hydrogens (tertiary/aromatic N) is 1. The molecule has 1 unspecified atom stereocenters. The lowest BCUT2D eigenvalue weighted by Crippen LogP contribution is -2.41. The summed E-state index contributed by atoms with van der Waals surface area (Å²) < 4.78 is 35.6. The van der Waals surface area contributed by atoms with Crippen molar-refractivity contribution in [1.82, 2.24) is 10.2 Å². The van der Waals surface area contributed by atoms with Crippen molar-refractivity contribution < 1.29 is 13.2 Å². The summed E-state index contributed by atoms with van der Waals surface area (Å²) in [6, 6.07) is 0.0948. The molecule has 0 aliphatic carbocycles. The zero-order valence-corrected chi connectivity index (χ0v) is 8.28. The molecular weight excluding hydrogens is 181 g/mol. The van der Waals surface area contributed by atoms with Crippen LogP contribution in [0.25, 0.3) is 0 Å². The maximum absolute atomic E-state index is 11.9. The molecule has 2 nitrogen and oxygen atoms in total. The van der Waals surface area contributed by atoms with Crippen molar-refractivity contribution in [1.29, 1.82) is 0 Å². The first-order valence-electron chi connectivity index (χ1n) is 4.34. The van der Waals surface area contributed by atoms with Gasteiger partial charge in [0.2, 0.25) is 0 Å². The molecule has 0 saturated heterocycles. The summed E-state index contributed by atoms with van der Waals surface area (Å²) in [7, 11) is 1.47. The predicted molar refractivity (Wildman–Crippen MR) is 46.7 cm³/mol. The van der Waals surface area contributed by atoms with Crippen molar-refractivity contribution in [3.05, 3.63) is 0 Å². The normalized spacial score (nSPS) is 15.0. The zero-order valence-electron chi connectivity index (χ0n) is 8.28. The predicted octanol–water partition coefficient (Wildman–Crippen LogP) is 1.48. The molecule has 5 heteroatoms. The van der Waals surface area contributed by atoms with E-state index in [9.17, 15) is 13.2 Å². The van der Waals surface area contributed by atoms with Gasteiger partial charge in [0.25, 0.3) is 0 Å². The second-order valence-electron chi connectivity index (χ2n) is 3.27. The Morgan fingerprint density at radius 2 is 1.92 bits per heavy atom. The smallest absolute Gasteiger partial charge is 0.313 e. The molecule has 0 aromatic rings. The number of alkyl halides is 3. The van der Waals surface area contributed by atoms with Gasteiger partial charge >= 0.3 is 6.18 Å². The van der Waals surface area contributed by atoms with E-state index < -0.39 is 12.7 Å². The highest BCUT2D eigenvalue weighted by atomic mass is 19.4. The van der Waals surface area contributed by atoms with Crippen LogP contribution in [0.5, 0.6) is 0 Å². The van der Waals surface area contributed by atoms with Crippen LogP contribution in [-0.2, 0) is 0 Å². The molecule has 0 saturated carbocycles. The van der Waals surface area contributed by atoms with Crippen LogP contribution in [-0.4, -0.2) is 43.8 Å². The number of nitrogens with one attached hydrogen (secondary N) is 1. The standard InChI is InChI=1S/C8H17F3N2/c1-4-12-7(2)5-13(3)6-8(9,10)11/h7,12H,4-6H2,1-3H3. The Hall–Kier alpha value is -0.290. The Bertz CT molecular complexity index is 136. The molecule has 1 N–H and O–H groups in total. The zero-order chi connectivity index (χ0) is 10.5. The minimum atomic E-state index is -4.10. The van der Waals surface area contributed by atoms with E-state index in [0.29, 0.717) is 6.54 Å². The molecule has 0 rings (SSSR count). The Balaban J connectivity index is 3.67. The maximum atomic E-state index is 11.9. The molecule has 1 atom stereocenters. The number of hydrogen-bond acceptors (Lipinski definition) is 2. The van der Waals surface area contributed by atoms with E-state index in [0.717, 1.165) is 6.54 Å². The van der Waals surface area contributed by atoms with Crippen LogP contribution in [0.3, 0.4) is 0 Å². The summed E-state index contributed by atoms with van der Waals surface area (Å²) in [5.74, 6) is 0. The second-order valence-corrected chi connectivity index (χ2v) is 3.27. The maximum Gasteiger partial charge on any atom is 0.401 e. The van der Waals surface area contributed by atoms with E-state index in [4.69, 9.17) is 0 Å². The van der Waals surface area contributed by atoms with Gasteiger partial charge in [0.05, 0.1) is 6.54 Å². The Morgan fingerprint density at radius 1 is 1.38 bits per heavy atom. The van der Waals surface area contributed by atoms with Crippen molar-refractivity contribution in [3.8, 4) is 0 Å². The van der Waals surface area contributed by atoms with Gasteiger partial charge in [-0.3, -0.25) is 4.90 Å². The van der Waals surface area contributed by atoms with E-state index >= 15 is 0 Å². The minimum Gasteiger partial charge on any atom is -0.313 e. The molecule has 13 heavy (non-hydrogen) atoms. The first kappa shape index (κ1) is 12.7. The number of rotatable bonds is 5. The van der Waals surface area contributed by atoms with Crippen LogP contribution in [0, 0.1) is 0 Å². The van der Waals surface area contributed by atoms with Gasteiger partial charge < -0.3 is 5.32 Å². The van der Waals surface area contributed by atoms with Crippen molar-refractivity contribution in [2.45, 2.75) is 26.1 Å². The lowest BCUT2D eigenvalue weighted by molar-refractivity contribution is -0.143. The van der Waals surface area contributed by atoms with Gasteiger partial charge in [-0.05, 0) is 20.5 Å². The third-order valence-corrected chi connectivity index (χ3v) is 1.59. The minimum absolute atomic E-state index is 0.0948. The quantitative estimate of drug-likeness (QED) is 0.719. The van der Waals surface area contributed by atoms with Gasteiger partial charge in [-0.2, -0.15) is 13.2 Å². The first-order chi connectivity index (χ1) is 5.85. The van der Waals surface area contributed by atoms with E-state index in [1.165, 1.54) is 11.9 Å². The fourth-order valence-electron chi connectivity index (χ4n) is 1.25. The Labute approximate surface area is 77.1 Å². The molecule has 0 heterocycles. The molecule has 0 aromatic carbocycles. The van der Waals surface area contributed by atoms with Gasteiger partial charge in [0.1, 0.15) is 0 Å². The molecular formula is C8H17F3N2. The average molecular weight is 198 g/mol. The van der Waals surface area contributed by atoms with E-state index in [-0.39, 0.29) is 6.04 Å². The molecule has 0 aliphatic heterocycles. The third-order valence-electron chi connectivity index (χ3n) is 1.59. The number of halogens is 3. The van der Waals surface area contributed by atoms with E-state index in [1.807, 2.05) is 13.8 Å². The van der Waals surface area contributed by atoms with Crippen molar-refractivity contribution >= 4 is 0 Å². The highest BCUT2D eigenvalue weighted by molar-refractivity contribution is 4.66. The molecule has 0 radical (unpaired) electrons. The molecule has 0 aliphatic rings. The number of likely N-dealkylation sites (N-methyl/N-ethyl adjacent to an activating group) is 2. The van der Waals surface area contributed by atoms with E-state index in [1.54, 1.807) is 0 Å². The summed E-state index contributed by atoms with van der Waals surface area (Å²) in [4.78, 5) is 1.27. The van der Waals surface area contributed by atoms with Crippen LogP contribution in [0.2, 0.25) is 0 Å². The molecule has 0 fully saturated rings. The third kappa shape index (κ3) is 8.05. The SMILES string of the molecule is CCNC(C)CN(C)CC(F)(F)F. The average Bonchev–Trinajstić information content (AvgIpc) is 1.81. The van der Waals surface area contributed by atoms with Crippen molar-refractivity contribution in [2.24, 2.45) is 0 Å². The lowest BCUT2D eigenvalue weighted by atomic mass is 10.3. The molecule has 0 amide bonds. The van der Waals surface area contributed by atoms with Crippen LogP contribution in [0.4, 0.5) is 13.2 Å². The van der Waals surface area contributed by atoms with Gasteiger partial charge in [0, 0.05) is 12.6 Å². The fourth-order valence-corrected chi connectivity index (χ4v) is 1.25. The van der Waals surface area contributed by atoms with Gasteiger partial charge in [-0.25, -0.2) is 0 Å².